The van der Waals surface area contributed by atoms with Crippen LogP contribution >= 0.6 is 0 Å². The Kier molecular flexibility index (Phi) is 1.12. The summed E-state index contributed by atoms with van der Waals surface area (Å²) in [5.41, 5.74) is 1.53. The summed E-state index contributed by atoms with van der Waals surface area (Å²) in [6.07, 6.45) is 6.88. The van der Waals surface area contributed by atoms with Gasteiger partial charge in [0.1, 0.15) is 0 Å². The fraction of sp³-hybridized carbons (Fsp3) is 0.750. The number of hydrogen-bond donors (Lipinski definition) is 1. The Morgan fingerprint density at radius 1 is 1.44 bits per heavy atom. The molecule has 0 amide bonds. The largest absolute Gasteiger partial charge is 0.392 e. The van der Waals surface area contributed by atoms with Gasteiger partial charge in [0.2, 0.25) is 0 Å². The number of fused-ring (bicyclic) bond motifs is 1. The van der Waals surface area contributed by atoms with Crippen LogP contribution in [-0.4, -0.2) is 11.2 Å². The molecule has 50 valence electrons. The van der Waals surface area contributed by atoms with Crippen molar-refractivity contribution in [2.45, 2.75) is 31.8 Å². The highest BCUT2D eigenvalue weighted by molar-refractivity contribution is 5.18. The molecular formula is C8H12O. The third kappa shape index (κ3) is 0.715. The van der Waals surface area contributed by atoms with E-state index in [1.54, 1.807) is 0 Å². The van der Waals surface area contributed by atoms with Crippen LogP contribution in [0, 0.1) is 5.92 Å². The van der Waals surface area contributed by atoms with Crippen molar-refractivity contribution in [2.24, 2.45) is 5.92 Å². The molecule has 0 saturated heterocycles. The van der Waals surface area contributed by atoms with Crippen LogP contribution in [0.5, 0.6) is 0 Å². The molecule has 0 aromatic rings. The number of hydrogen-bond acceptors (Lipinski definition) is 1. The molecule has 9 heavy (non-hydrogen) atoms. The van der Waals surface area contributed by atoms with Gasteiger partial charge in [0.15, 0.2) is 0 Å². The lowest BCUT2D eigenvalue weighted by Crippen LogP contribution is -2.10. The molecule has 1 saturated carbocycles. The van der Waals surface area contributed by atoms with Gasteiger partial charge < -0.3 is 5.11 Å². The SMILES string of the molecule is O[C@H]1CCC2=CCC[C@H]21. The molecule has 0 heterocycles. The molecule has 1 fully saturated rings. The molecule has 2 aliphatic rings. The molecule has 0 bridgehead atoms. The van der Waals surface area contributed by atoms with E-state index in [1.807, 2.05) is 0 Å². The number of aliphatic hydroxyl groups is 1. The minimum absolute atomic E-state index is 0.00116. The van der Waals surface area contributed by atoms with Crippen LogP contribution in [0.15, 0.2) is 11.6 Å². The second-order valence-electron chi connectivity index (χ2n) is 3.07. The first-order valence-electron chi connectivity index (χ1n) is 3.75. The highest BCUT2D eigenvalue weighted by atomic mass is 16.3. The van der Waals surface area contributed by atoms with Crippen LogP contribution in [-0.2, 0) is 0 Å². The maximum Gasteiger partial charge on any atom is 0.0608 e. The Morgan fingerprint density at radius 3 is 3.11 bits per heavy atom. The topological polar surface area (TPSA) is 20.2 Å². The fourth-order valence-electron chi connectivity index (χ4n) is 2.03. The van der Waals surface area contributed by atoms with Gasteiger partial charge in [-0.25, -0.2) is 0 Å². The molecule has 2 atom stereocenters. The van der Waals surface area contributed by atoms with E-state index in [4.69, 9.17) is 0 Å². The predicted molar refractivity (Wildman–Crippen MR) is 36.0 cm³/mol. The van der Waals surface area contributed by atoms with E-state index in [9.17, 15) is 5.11 Å². The van der Waals surface area contributed by atoms with Crippen molar-refractivity contribution in [3.8, 4) is 0 Å². The molecule has 2 aliphatic carbocycles. The van der Waals surface area contributed by atoms with Crippen molar-refractivity contribution in [2.75, 3.05) is 0 Å². The first kappa shape index (κ1) is 5.48. The summed E-state index contributed by atoms with van der Waals surface area (Å²) in [5, 5.41) is 9.36. The molecule has 1 nitrogen and oxygen atoms in total. The van der Waals surface area contributed by atoms with E-state index in [-0.39, 0.29) is 6.10 Å². The molecular weight excluding hydrogens is 112 g/mol. The summed E-state index contributed by atoms with van der Waals surface area (Å²) in [5.74, 6) is 0.560. The first-order chi connectivity index (χ1) is 4.38. The predicted octanol–water partition coefficient (Wildman–Crippen LogP) is 1.48. The van der Waals surface area contributed by atoms with E-state index in [0.717, 1.165) is 12.8 Å². The van der Waals surface area contributed by atoms with Crippen LogP contribution in [0.1, 0.15) is 25.7 Å². The summed E-state index contributed by atoms with van der Waals surface area (Å²) >= 11 is 0. The Bertz CT molecular complexity index is 149. The van der Waals surface area contributed by atoms with Gasteiger partial charge in [-0.05, 0) is 25.7 Å². The number of aliphatic hydroxyl groups excluding tert-OH is 1. The van der Waals surface area contributed by atoms with Crippen LogP contribution < -0.4 is 0 Å². The Labute approximate surface area is 55.4 Å². The molecule has 0 spiro atoms. The van der Waals surface area contributed by atoms with Crippen LogP contribution in [0.4, 0.5) is 0 Å². The second-order valence-corrected chi connectivity index (χ2v) is 3.07. The zero-order valence-electron chi connectivity index (χ0n) is 5.51. The van der Waals surface area contributed by atoms with Gasteiger partial charge in [0.05, 0.1) is 6.10 Å². The highest BCUT2D eigenvalue weighted by Gasteiger charge is 2.31. The van der Waals surface area contributed by atoms with E-state index >= 15 is 0 Å². The zero-order valence-corrected chi connectivity index (χ0v) is 5.51. The van der Waals surface area contributed by atoms with E-state index < -0.39 is 0 Å². The van der Waals surface area contributed by atoms with Crippen LogP contribution in [0.2, 0.25) is 0 Å². The maximum atomic E-state index is 9.36. The van der Waals surface area contributed by atoms with E-state index in [0.29, 0.717) is 5.92 Å². The minimum Gasteiger partial charge on any atom is -0.392 e. The van der Waals surface area contributed by atoms with Gasteiger partial charge in [-0.3, -0.25) is 0 Å². The molecule has 0 aromatic carbocycles. The average molecular weight is 124 g/mol. The third-order valence-corrected chi connectivity index (χ3v) is 2.55. The fourth-order valence-corrected chi connectivity index (χ4v) is 2.03. The molecule has 0 aliphatic heterocycles. The van der Waals surface area contributed by atoms with Crippen molar-refractivity contribution >= 4 is 0 Å². The molecule has 2 rings (SSSR count). The van der Waals surface area contributed by atoms with Gasteiger partial charge in [0.25, 0.3) is 0 Å². The van der Waals surface area contributed by atoms with Gasteiger partial charge >= 0.3 is 0 Å². The summed E-state index contributed by atoms with van der Waals surface area (Å²) in [4.78, 5) is 0. The minimum atomic E-state index is -0.00116. The molecule has 1 N–H and O–H groups in total. The molecule has 0 aromatic heterocycles. The summed E-state index contributed by atoms with van der Waals surface area (Å²) in [6, 6.07) is 0. The standard InChI is InChI=1S/C8H12O/c9-8-5-4-6-2-1-3-7(6)8/h2,7-9H,1,3-5H2/t7-,8+/m1/s1. The van der Waals surface area contributed by atoms with Crippen molar-refractivity contribution in [3.63, 3.8) is 0 Å². The lowest BCUT2D eigenvalue weighted by Gasteiger charge is -2.08. The van der Waals surface area contributed by atoms with Crippen molar-refractivity contribution < 1.29 is 5.11 Å². The van der Waals surface area contributed by atoms with Crippen molar-refractivity contribution in [1.82, 2.24) is 0 Å². The van der Waals surface area contributed by atoms with Crippen LogP contribution in [0.3, 0.4) is 0 Å². The maximum absolute atomic E-state index is 9.36. The quantitative estimate of drug-likeness (QED) is 0.485. The Hall–Kier alpha value is -0.300. The van der Waals surface area contributed by atoms with Crippen LogP contribution in [0.25, 0.3) is 0 Å². The molecule has 0 radical (unpaired) electrons. The summed E-state index contributed by atoms with van der Waals surface area (Å²) in [7, 11) is 0. The van der Waals surface area contributed by atoms with Gasteiger partial charge in [0, 0.05) is 5.92 Å². The lowest BCUT2D eigenvalue weighted by molar-refractivity contribution is 0.140. The summed E-state index contributed by atoms with van der Waals surface area (Å²) in [6.45, 7) is 0. The second kappa shape index (κ2) is 1.84. The van der Waals surface area contributed by atoms with E-state index in [2.05, 4.69) is 6.08 Å². The Morgan fingerprint density at radius 2 is 2.33 bits per heavy atom. The zero-order chi connectivity index (χ0) is 6.27. The lowest BCUT2D eigenvalue weighted by atomic mass is 10.0. The third-order valence-electron chi connectivity index (χ3n) is 2.55. The summed E-state index contributed by atoms with van der Waals surface area (Å²) < 4.78 is 0. The van der Waals surface area contributed by atoms with Gasteiger partial charge in [-0.1, -0.05) is 11.6 Å². The van der Waals surface area contributed by atoms with Crippen molar-refractivity contribution in [3.05, 3.63) is 11.6 Å². The highest BCUT2D eigenvalue weighted by Crippen LogP contribution is 2.39. The molecule has 0 unspecified atom stereocenters. The van der Waals surface area contributed by atoms with Gasteiger partial charge in [-0.2, -0.15) is 0 Å². The average Bonchev–Trinajstić information content (AvgIpc) is 2.35. The molecule has 1 heteroatoms. The monoisotopic (exact) mass is 124 g/mol. The first-order valence-corrected chi connectivity index (χ1v) is 3.75. The normalized spacial score (nSPS) is 40.8. The van der Waals surface area contributed by atoms with E-state index in [1.165, 1.54) is 18.4 Å². The van der Waals surface area contributed by atoms with Gasteiger partial charge in [-0.15, -0.1) is 0 Å². The Balaban J connectivity index is 2.20. The smallest absolute Gasteiger partial charge is 0.0608 e. The number of allylic oxidation sites excluding steroid dienone is 1. The number of rotatable bonds is 0. The van der Waals surface area contributed by atoms with Crippen molar-refractivity contribution in [1.29, 1.82) is 0 Å².